The van der Waals surface area contributed by atoms with E-state index in [1.54, 1.807) is 0 Å². The van der Waals surface area contributed by atoms with E-state index in [-0.39, 0.29) is 12.0 Å². The first kappa shape index (κ1) is 12.4. The average molecular weight is 290 g/mol. The highest BCUT2D eigenvalue weighted by Gasteiger charge is 2.34. The summed E-state index contributed by atoms with van der Waals surface area (Å²) in [6, 6.07) is 0.350. The van der Waals surface area contributed by atoms with Gasteiger partial charge in [0.15, 0.2) is 0 Å². The molecule has 1 aliphatic carbocycles. The van der Waals surface area contributed by atoms with Crippen LogP contribution in [0.5, 0.6) is 0 Å². The maximum atomic E-state index is 12.0. The van der Waals surface area contributed by atoms with Crippen LogP contribution >= 0.6 is 15.9 Å². The summed E-state index contributed by atoms with van der Waals surface area (Å²) in [7, 11) is 0. The van der Waals surface area contributed by atoms with Crippen LogP contribution < -0.4 is 5.32 Å². The van der Waals surface area contributed by atoms with E-state index < -0.39 is 0 Å². The van der Waals surface area contributed by atoms with E-state index in [2.05, 4.69) is 28.2 Å². The van der Waals surface area contributed by atoms with Gasteiger partial charge in [0.2, 0.25) is 5.91 Å². The maximum Gasteiger partial charge on any atom is 0.249 e. The molecule has 1 heterocycles. The van der Waals surface area contributed by atoms with E-state index in [4.69, 9.17) is 4.74 Å². The molecule has 0 aromatic rings. The molecule has 4 atom stereocenters. The zero-order chi connectivity index (χ0) is 11.5. The van der Waals surface area contributed by atoms with Crippen LogP contribution in [-0.4, -0.2) is 30.0 Å². The number of ether oxygens (including phenoxy) is 1. The topological polar surface area (TPSA) is 38.3 Å². The minimum absolute atomic E-state index is 0.0999. The monoisotopic (exact) mass is 289 g/mol. The number of alkyl halides is 1. The quantitative estimate of drug-likeness (QED) is 0.808. The van der Waals surface area contributed by atoms with Crippen molar-refractivity contribution in [3.05, 3.63) is 0 Å². The zero-order valence-electron chi connectivity index (χ0n) is 9.75. The smallest absolute Gasteiger partial charge is 0.249 e. The summed E-state index contributed by atoms with van der Waals surface area (Å²) in [4.78, 5) is 12.0. The second-order valence-electron chi connectivity index (χ2n) is 5.02. The molecule has 0 spiro atoms. The Morgan fingerprint density at radius 2 is 2.25 bits per heavy atom. The average Bonchev–Trinajstić information content (AvgIpc) is 2.86. The van der Waals surface area contributed by atoms with Crippen LogP contribution in [-0.2, 0) is 9.53 Å². The first-order valence-corrected chi connectivity index (χ1v) is 7.32. The highest BCUT2D eigenvalue weighted by atomic mass is 79.9. The number of carbonyl (C=O) groups excluding carboxylic acids is 1. The fraction of sp³-hybridized carbons (Fsp3) is 0.917. The number of amides is 1. The molecule has 0 aromatic heterocycles. The lowest BCUT2D eigenvalue weighted by Crippen LogP contribution is -2.44. The van der Waals surface area contributed by atoms with E-state index >= 15 is 0 Å². The van der Waals surface area contributed by atoms with Crippen LogP contribution in [0, 0.1) is 11.8 Å². The van der Waals surface area contributed by atoms with Gasteiger partial charge in [0, 0.05) is 18.0 Å². The summed E-state index contributed by atoms with van der Waals surface area (Å²) in [5.74, 6) is 1.06. The number of hydrogen-bond donors (Lipinski definition) is 1. The van der Waals surface area contributed by atoms with Crippen molar-refractivity contribution >= 4 is 21.8 Å². The number of carbonyl (C=O) groups is 1. The molecule has 1 amide bonds. The molecule has 2 rings (SSSR count). The highest BCUT2D eigenvalue weighted by Crippen LogP contribution is 2.28. The molecule has 0 aromatic carbocycles. The molecule has 2 aliphatic rings. The van der Waals surface area contributed by atoms with Gasteiger partial charge in [-0.25, -0.2) is 0 Å². The lowest BCUT2D eigenvalue weighted by Gasteiger charge is -2.22. The fourth-order valence-corrected chi connectivity index (χ4v) is 3.48. The zero-order valence-corrected chi connectivity index (χ0v) is 11.3. The normalized spacial score (nSPS) is 38.9. The van der Waals surface area contributed by atoms with Crippen molar-refractivity contribution < 1.29 is 9.53 Å². The molecule has 2 fully saturated rings. The molecule has 4 unspecified atom stereocenters. The highest BCUT2D eigenvalue weighted by molar-refractivity contribution is 9.09. The molecule has 1 aliphatic heterocycles. The Kier molecular flexibility index (Phi) is 4.25. The van der Waals surface area contributed by atoms with E-state index in [9.17, 15) is 4.79 Å². The van der Waals surface area contributed by atoms with Crippen LogP contribution in [0.2, 0.25) is 0 Å². The van der Waals surface area contributed by atoms with E-state index in [0.29, 0.717) is 17.9 Å². The van der Waals surface area contributed by atoms with Gasteiger partial charge in [-0.1, -0.05) is 29.3 Å². The maximum absolute atomic E-state index is 12.0. The van der Waals surface area contributed by atoms with Crippen molar-refractivity contribution in [2.24, 2.45) is 11.8 Å². The van der Waals surface area contributed by atoms with Crippen molar-refractivity contribution in [1.29, 1.82) is 0 Å². The molecule has 1 saturated carbocycles. The number of rotatable bonds is 3. The molecular weight excluding hydrogens is 270 g/mol. The summed E-state index contributed by atoms with van der Waals surface area (Å²) in [5, 5.41) is 4.14. The van der Waals surface area contributed by atoms with Crippen LogP contribution in [0.15, 0.2) is 0 Å². The van der Waals surface area contributed by atoms with Gasteiger partial charge in [-0.3, -0.25) is 4.79 Å². The summed E-state index contributed by atoms with van der Waals surface area (Å²) in [6.45, 7) is 2.82. The van der Waals surface area contributed by atoms with Crippen molar-refractivity contribution in [2.45, 2.75) is 44.8 Å². The van der Waals surface area contributed by atoms with Crippen molar-refractivity contribution in [1.82, 2.24) is 5.32 Å². The largest absolute Gasteiger partial charge is 0.368 e. The molecule has 3 nitrogen and oxygen atoms in total. The first-order valence-electron chi connectivity index (χ1n) is 6.20. The summed E-state index contributed by atoms with van der Waals surface area (Å²) in [6.07, 6.45) is 4.35. The second kappa shape index (κ2) is 5.50. The third-order valence-electron chi connectivity index (χ3n) is 3.83. The van der Waals surface area contributed by atoms with Crippen LogP contribution in [0.25, 0.3) is 0 Å². The van der Waals surface area contributed by atoms with E-state index in [0.717, 1.165) is 24.8 Å². The van der Waals surface area contributed by atoms with Gasteiger partial charge in [-0.15, -0.1) is 0 Å². The van der Waals surface area contributed by atoms with Gasteiger partial charge < -0.3 is 10.1 Å². The lowest BCUT2D eigenvalue weighted by atomic mass is 10.0. The molecular formula is C12H20BrNO2. The Hall–Kier alpha value is -0.0900. The van der Waals surface area contributed by atoms with Crippen LogP contribution in [0.4, 0.5) is 0 Å². The molecule has 0 radical (unpaired) electrons. The Morgan fingerprint density at radius 1 is 1.44 bits per heavy atom. The van der Waals surface area contributed by atoms with Gasteiger partial charge in [0.25, 0.3) is 0 Å². The van der Waals surface area contributed by atoms with Gasteiger partial charge in [0.05, 0.1) is 0 Å². The Balaban J connectivity index is 1.86. The van der Waals surface area contributed by atoms with E-state index in [1.165, 1.54) is 12.8 Å². The number of halogens is 1. The second-order valence-corrected chi connectivity index (χ2v) is 5.67. The molecule has 1 saturated heterocycles. The van der Waals surface area contributed by atoms with Crippen molar-refractivity contribution in [2.75, 3.05) is 11.9 Å². The Bertz CT molecular complexity index is 259. The third kappa shape index (κ3) is 2.59. The summed E-state index contributed by atoms with van der Waals surface area (Å²) in [5.41, 5.74) is 0. The predicted molar refractivity (Wildman–Crippen MR) is 66.6 cm³/mol. The van der Waals surface area contributed by atoms with Crippen LogP contribution in [0.1, 0.15) is 32.6 Å². The summed E-state index contributed by atoms with van der Waals surface area (Å²) >= 11 is 3.52. The number of hydrogen-bond acceptors (Lipinski definition) is 2. The number of nitrogens with one attached hydrogen (secondary N) is 1. The Morgan fingerprint density at radius 3 is 2.88 bits per heavy atom. The van der Waals surface area contributed by atoms with Crippen molar-refractivity contribution in [3.8, 4) is 0 Å². The SMILES string of the molecule is CC1CCOC1C(=O)NC1CCCC1CBr. The molecule has 1 N–H and O–H groups in total. The van der Waals surface area contributed by atoms with Gasteiger partial charge in [0.1, 0.15) is 6.10 Å². The van der Waals surface area contributed by atoms with Gasteiger partial charge >= 0.3 is 0 Å². The fourth-order valence-electron chi connectivity index (χ4n) is 2.71. The van der Waals surface area contributed by atoms with E-state index in [1.807, 2.05) is 0 Å². The summed E-state index contributed by atoms with van der Waals surface area (Å²) < 4.78 is 5.48. The molecule has 92 valence electrons. The van der Waals surface area contributed by atoms with Crippen LogP contribution in [0.3, 0.4) is 0 Å². The standard InChI is InChI=1S/C12H20BrNO2/c1-8-5-6-16-11(8)12(15)14-10-4-2-3-9(10)7-13/h8-11H,2-7H2,1H3,(H,14,15). The minimum Gasteiger partial charge on any atom is -0.368 e. The Labute approximate surface area is 105 Å². The first-order chi connectivity index (χ1) is 7.72. The van der Waals surface area contributed by atoms with Gasteiger partial charge in [-0.05, 0) is 31.1 Å². The molecule has 4 heteroatoms. The lowest BCUT2D eigenvalue weighted by molar-refractivity contribution is -0.132. The molecule has 16 heavy (non-hydrogen) atoms. The third-order valence-corrected chi connectivity index (χ3v) is 4.66. The minimum atomic E-state index is -0.212. The van der Waals surface area contributed by atoms with Gasteiger partial charge in [-0.2, -0.15) is 0 Å². The van der Waals surface area contributed by atoms with Crippen molar-refractivity contribution in [3.63, 3.8) is 0 Å². The molecule has 0 bridgehead atoms. The predicted octanol–water partition coefficient (Wildman–Crippen LogP) is 2.09.